The first kappa shape index (κ1) is 97.7. The number of hydrogen-bond acceptors (Lipinski definition) is 24. The van der Waals surface area contributed by atoms with Crippen LogP contribution in [0.5, 0.6) is 11.5 Å². The van der Waals surface area contributed by atoms with Crippen molar-refractivity contribution in [3.8, 4) is 53.8 Å². The van der Waals surface area contributed by atoms with Gasteiger partial charge < -0.3 is 38.7 Å². The SMILES string of the molecule is Cc1nc(-c2ccc(C(F)(F)F)c(F)c2)sc1COc1ccc(C)c2nc(CCC(=O)O)oc12.Cc1nc(-c2ccc(C(F)(F)F)c(F)c2)sc1CSc1ccc(C)c2nc(CC(=O)O)sc12.Cc1nc(-c2ccc(C(F)(F)F)cc2)sc1COc1ccc(C)c2nc(CCC(=O)O)oc12.Cc1nc(-c2ccc(C(F)(F)F)cc2)sc1CSc1ccc(C)c2nc(CC(=O)O)sc12. The van der Waals surface area contributed by atoms with Crippen molar-refractivity contribution in [2.75, 3.05) is 0 Å². The fourth-order valence-electron chi connectivity index (χ4n) is 12.8. The van der Waals surface area contributed by atoms with Gasteiger partial charge in [0.15, 0.2) is 34.4 Å². The second-order valence-corrected chi connectivity index (χ2v) is 37.9. The first-order valence-corrected chi connectivity index (χ1v) is 46.0. The molecule has 0 saturated carbocycles. The number of halogens is 14. The average Bonchev–Trinajstić information content (AvgIpc) is 1.65. The summed E-state index contributed by atoms with van der Waals surface area (Å²) < 4.78 is 207. The molecule has 42 heteroatoms. The van der Waals surface area contributed by atoms with Crippen LogP contribution >= 0.6 is 91.5 Å². The Balaban J connectivity index is 0.000000150. The van der Waals surface area contributed by atoms with E-state index in [1.54, 1.807) is 55.6 Å². The molecule has 0 radical (unpaired) electrons. The monoisotopic (exact) mass is 1980 g/mol. The van der Waals surface area contributed by atoms with Gasteiger partial charge in [0.25, 0.3) is 0 Å². The van der Waals surface area contributed by atoms with Crippen LogP contribution in [0.1, 0.15) is 121 Å². The van der Waals surface area contributed by atoms with Crippen LogP contribution in [-0.2, 0) is 94.3 Å². The fraction of sp³-hybridized carbons (Fsp3) is 0.244. The zero-order valence-corrected chi connectivity index (χ0v) is 76.5. The summed E-state index contributed by atoms with van der Waals surface area (Å²) in [6.07, 6.45) is -18.4. The highest BCUT2D eigenvalue weighted by Gasteiger charge is 2.37. The Labute approximate surface area is 772 Å². The number of aliphatic carboxylic acids is 4. The van der Waals surface area contributed by atoms with E-state index < -0.39 is 82.5 Å². The highest BCUT2D eigenvalue weighted by atomic mass is 32.2. The van der Waals surface area contributed by atoms with Crippen molar-refractivity contribution in [2.45, 2.75) is 153 Å². The lowest BCUT2D eigenvalue weighted by Gasteiger charge is -2.08. The third kappa shape index (κ3) is 24.0. The lowest BCUT2D eigenvalue weighted by molar-refractivity contribution is -0.140. The predicted octanol–water partition coefficient (Wildman–Crippen LogP) is 26.6. The summed E-state index contributed by atoms with van der Waals surface area (Å²) in [4.78, 5) is 84.7. The van der Waals surface area contributed by atoms with Gasteiger partial charge in [0.1, 0.15) is 65.9 Å². The molecule has 0 atom stereocenters. The van der Waals surface area contributed by atoms with Gasteiger partial charge >= 0.3 is 48.6 Å². The molecule has 20 nitrogen and oxygen atoms in total. The minimum Gasteiger partial charge on any atom is -0.484 e. The number of alkyl halides is 12. The van der Waals surface area contributed by atoms with Gasteiger partial charge in [0.05, 0.1) is 101 Å². The minimum atomic E-state index is -4.77. The molecule has 0 fully saturated rings. The molecule has 4 N–H and O–H groups in total. The molecule has 0 aliphatic heterocycles. The summed E-state index contributed by atoms with van der Waals surface area (Å²) in [7, 11) is 0. The number of carbonyl (C=O) groups is 4. The Morgan fingerprint density at radius 1 is 0.364 bits per heavy atom. The molecule has 132 heavy (non-hydrogen) atoms. The lowest BCUT2D eigenvalue weighted by atomic mass is 10.1. The normalized spacial score (nSPS) is 11.9. The molecule has 688 valence electrons. The number of ether oxygens (including phenoxy) is 2. The number of thiazole rings is 6. The molecule has 0 aliphatic carbocycles. The molecule has 0 spiro atoms. The van der Waals surface area contributed by atoms with Crippen LogP contribution in [-0.4, -0.2) is 84.2 Å². The number of nitrogens with zero attached hydrogens (tertiary/aromatic N) is 8. The fourth-order valence-corrected chi connectivity index (χ4v) is 21.8. The van der Waals surface area contributed by atoms with E-state index in [2.05, 4.69) is 39.9 Å². The third-order valence-electron chi connectivity index (χ3n) is 19.7. The Kier molecular flexibility index (Phi) is 30.2. The zero-order chi connectivity index (χ0) is 95.3. The van der Waals surface area contributed by atoms with E-state index in [-0.39, 0.29) is 63.2 Å². The van der Waals surface area contributed by atoms with Crippen LogP contribution in [0.4, 0.5) is 61.5 Å². The van der Waals surface area contributed by atoms with E-state index in [4.69, 9.17) is 38.7 Å². The molecule has 8 heterocycles. The highest BCUT2D eigenvalue weighted by Crippen LogP contribution is 2.45. The number of thioether (sulfide) groups is 2. The molecule has 16 rings (SSSR count). The molecule has 16 aromatic rings. The van der Waals surface area contributed by atoms with Gasteiger partial charge in [-0.1, -0.05) is 60.7 Å². The number of carboxylic acid groups (broad SMARTS) is 4. The number of aromatic nitrogens is 8. The summed E-state index contributed by atoms with van der Waals surface area (Å²) in [6.45, 7) is 15.1. The quantitative estimate of drug-likeness (QED) is 0.0289. The second kappa shape index (κ2) is 40.7. The highest BCUT2D eigenvalue weighted by molar-refractivity contribution is 7.99. The van der Waals surface area contributed by atoms with Gasteiger partial charge in [-0.15, -0.1) is 91.5 Å². The van der Waals surface area contributed by atoms with Gasteiger partial charge in [0.2, 0.25) is 0 Å². The van der Waals surface area contributed by atoms with Gasteiger partial charge in [-0.25, -0.2) is 48.7 Å². The molecule has 0 unspecified atom stereocenters. The number of hydrogen-bond donors (Lipinski definition) is 4. The van der Waals surface area contributed by atoms with Gasteiger partial charge in [-0.3, -0.25) is 19.2 Å². The van der Waals surface area contributed by atoms with E-state index in [1.165, 1.54) is 104 Å². The standard InChI is InChI=1S/C23H18F4N2O4S.C23H19F3N2O4S.C22H16F4N2O2S3.C22H17F3N2O2S3/c1-11-3-6-16(21-20(11)29-18(33-21)7-8-19(30)31)32-10-17-12(2)28-22(34-17)13-4-5-14(15(24)9-13)23(25,26)27;1-12-3-8-16(21-20(12)28-18(32-21)9-10-19(29)30)31-11-17-13(2)27-22(33-17)14-4-6-15(7-5-14)23(24,25)26;1-10-3-6-15(20-19(10)28-17(33-20)8-18(29)30)31-9-16-11(2)27-21(32-16)12-4-5-13(14(23)7-12)22(24,25)26;1-11-3-8-15(20-19(11)27-17(32-20)9-18(28)29)30-10-16-12(2)26-21(31-16)13-4-6-14(7-5-13)22(23,24)25/h3-6,9H,7-8,10H2,1-2H3,(H,30,31);3-8H,9-11H2,1-2H3,(H,29,30);3-7H,8-9H2,1-2H3,(H,29,30);3-8H,9-10H2,1-2H3,(H,28,29). The van der Waals surface area contributed by atoms with Crippen molar-refractivity contribution in [3.63, 3.8) is 0 Å². The second-order valence-electron chi connectivity index (χ2n) is 29.4. The van der Waals surface area contributed by atoms with E-state index >= 15 is 0 Å². The topological polar surface area (TPSA) is 297 Å². The molecule has 0 saturated heterocycles. The Morgan fingerprint density at radius 2 is 0.682 bits per heavy atom. The summed E-state index contributed by atoms with van der Waals surface area (Å²) in [5, 5.41) is 39.1. The van der Waals surface area contributed by atoms with Crippen molar-refractivity contribution < 1.29 is 119 Å². The maximum Gasteiger partial charge on any atom is 0.419 e. The summed E-state index contributed by atoms with van der Waals surface area (Å²) in [5.74, 6) is -3.74. The summed E-state index contributed by atoms with van der Waals surface area (Å²) >= 11 is 11.2. The van der Waals surface area contributed by atoms with E-state index in [1.807, 2.05) is 71.9 Å². The van der Waals surface area contributed by atoms with Crippen LogP contribution in [0.25, 0.3) is 84.9 Å². The molecular weight excluding hydrogens is 1910 g/mol. The largest absolute Gasteiger partial charge is 0.484 e. The zero-order valence-electron chi connectivity index (χ0n) is 70.0. The first-order chi connectivity index (χ1) is 62.3. The van der Waals surface area contributed by atoms with Crippen LogP contribution in [0, 0.1) is 67.0 Å². The lowest BCUT2D eigenvalue weighted by Crippen LogP contribution is -2.07. The summed E-state index contributed by atoms with van der Waals surface area (Å²) in [6, 6.07) is 30.5. The van der Waals surface area contributed by atoms with Crippen LogP contribution in [0.15, 0.2) is 152 Å². The van der Waals surface area contributed by atoms with Gasteiger partial charge in [-0.2, -0.15) is 52.7 Å². The van der Waals surface area contributed by atoms with Crippen LogP contribution < -0.4 is 9.47 Å². The minimum absolute atomic E-state index is 0.0884. The van der Waals surface area contributed by atoms with E-state index in [9.17, 15) is 80.6 Å². The third-order valence-corrected chi connectivity index (χ3v) is 29.4. The molecule has 0 aliphatic rings. The Morgan fingerprint density at radius 3 is 1.01 bits per heavy atom. The average molecular weight is 1980 g/mol. The molecule has 0 amide bonds. The molecule has 0 bridgehead atoms. The van der Waals surface area contributed by atoms with E-state index in [0.717, 1.165) is 127 Å². The number of benzene rings is 8. The van der Waals surface area contributed by atoms with Crippen molar-refractivity contribution >= 4 is 158 Å². The Hall–Kier alpha value is -11.8. The molecule has 8 aromatic heterocycles. The maximum atomic E-state index is 14.0. The van der Waals surface area contributed by atoms with Crippen LogP contribution in [0.2, 0.25) is 0 Å². The first-order valence-electron chi connectivity index (χ1n) is 39.2. The predicted molar refractivity (Wildman–Crippen MR) is 478 cm³/mol. The van der Waals surface area contributed by atoms with Crippen molar-refractivity contribution in [3.05, 3.63) is 254 Å². The number of fused-ring (bicyclic) bond motifs is 4. The van der Waals surface area contributed by atoms with Gasteiger partial charge in [-0.05, 0) is 150 Å². The van der Waals surface area contributed by atoms with E-state index in [0.29, 0.717) is 114 Å². The smallest absolute Gasteiger partial charge is 0.419 e. The van der Waals surface area contributed by atoms with Gasteiger partial charge in [0, 0.05) is 66.1 Å². The molecular formula is C90H70F14N8O12S8. The number of aryl methyl sites for hydroxylation is 10. The van der Waals surface area contributed by atoms with Crippen molar-refractivity contribution in [1.29, 1.82) is 0 Å². The number of carboxylic acids is 4. The van der Waals surface area contributed by atoms with Crippen molar-refractivity contribution in [2.24, 2.45) is 0 Å². The van der Waals surface area contributed by atoms with Crippen LogP contribution in [0.3, 0.4) is 0 Å². The number of rotatable bonds is 26. The Bertz CT molecular complexity index is 6990. The number of oxazole rings is 2. The molecule has 8 aromatic carbocycles. The summed E-state index contributed by atoms with van der Waals surface area (Å²) in [5.41, 5.74) is 7.95. The maximum absolute atomic E-state index is 14.0. The van der Waals surface area contributed by atoms with Crippen molar-refractivity contribution in [1.82, 2.24) is 39.9 Å².